The van der Waals surface area contributed by atoms with E-state index < -0.39 is 14.9 Å². The lowest BCUT2D eigenvalue weighted by atomic mass is 10.2. The zero-order chi connectivity index (χ0) is 15.5. The molecule has 0 spiro atoms. The fourth-order valence-electron chi connectivity index (χ4n) is 2.26. The van der Waals surface area contributed by atoms with Gasteiger partial charge in [0.2, 0.25) is 10.0 Å². The number of rotatable bonds is 6. The monoisotopic (exact) mass is 300 g/mol. The highest BCUT2D eigenvalue weighted by Crippen LogP contribution is 2.30. The molecule has 1 aromatic carbocycles. The van der Waals surface area contributed by atoms with Gasteiger partial charge in [0.1, 0.15) is 0 Å². The van der Waals surface area contributed by atoms with Crippen LogP contribution in [0.1, 0.15) is 32.3 Å². The van der Waals surface area contributed by atoms with E-state index in [9.17, 15) is 18.5 Å². The summed E-state index contributed by atoms with van der Waals surface area (Å²) in [7, 11) is -2.40. The minimum Gasteiger partial charge on any atom is -0.258 e. The van der Waals surface area contributed by atoms with E-state index in [1.807, 2.05) is 13.8 Å². The van der Waals surface area contributed by atoms with Gasteiger partial charge in [0.25, 0.3) is 5.69 Å². The van der Waals surface area contributed by atoms with Crippen LogP contribution in [0.5, 0.6) is 0 Å². The lowest BCUT2D eigenvalue weighted by Gasteiger charge is -2.26. The van der Waals surface area contributed by atoms with Crippen molar-refractivity contribution in [2.45, 2.75) is 44.6 Å². The van der Waals surface area contributed by atoms with Crippen molar-refractivity contribution in [2.75, 3.05) is 7.05 Å². The molecule has 7 heteroatoms. The van der Waals surface area contributed by atoms with E-state index in [1.165, 1.54) is 23.5 Å². The molecule has 0 aliphatic heterocycles. The topological polar surface area (TPSA) is 80.5 Å². The first-order chi connectivity index (χ1) is 9.27. The Hall–Kier alpha value is -1.47. The van der Waals surface area contributed by atoms with Gasteiger partial charge < -0.3 is 0 Å². The highest BCUT2D eigenvalue weighted by Gasteiger charge is 2.33. The molecular formula is C13H20N2O4S. The Labute approximate surface area is 119 Å². The smallest absolute Gasteiger partial charge is 0.258 e. The molecule has 0 radical (unpaired) electrons. The van der Waals surface area contributed by atoms with Gasteiger partial charge in [0.05, 0.1) is 4.92 Å². The SMILES string of the molecule is CCC(CC)N(C)S(=O)(=O)c1c(C)cccc1[N+](=O)[O-]. The number of nitro benzene ring substituents is 1. The van der Waals surface area contributed by atoms with Crippen LogP contribution in [0.4, 0.5) is 5.69 Å². The van der Waals surface area contributed by atoms with E-state index in [-0.39, 0.29) is 16.6 Å². The molecule has 0 aliphatic rings. The lowest BCUT2D eigenvalue weighted by Crippen LogP contribution is -2.36. The first-order valence-corrected chi connectivity index (χ1v) is 7.93. The van der Waals surface area contributed by atoms with Crippen LogP contribution in [0.3, 0.4) is 0 Å². The summed E-state index contributed by atoms with van der Waals surface area (Å²) in [6, 6.07) is 4.12. The largest absolute Gasteiger partial charge is 0.289 e. The van der Waals surface area contributed by atoms with Crippen molar-refractivity contribution < 1.29 is 13.3 Å². The van der Waals surface area contributed by atoms with Gasteiger partial charge in [-0.1, -0.05) is 26.0 Å². The third-order valence-corrected chi connectivity index (χ3v) is 5.59. The highest BCUT2D eigenvalue weighted by molar-refractivity contribution is 7.89. The number of nitro groups is 1. The number of benzene rings is 1. The van der Waals surface area contributed by atoms with Crippen molar-refractivity contribution in [2.24, 2.45) is 0 Å². The first-order valence-electron chi connectivity index (χ1n) is 6.49. The van der Waals surface area contributed by atoms with E-state index in [0.717, 1.165) is 0 Å². The third-order valence-electron chi connectivity index (χ3n) is 3.48. The molecule has 0 aromatic heterocycles. The maximum atomic E-state index is 12.7. The Balaban J connectivity index is 3.47. The Morgan fingerprint density at radius 2 is 1.85 bits per heavy atom. The summed E-state index contributed by atoms with van der Waals surface area (Å²) in [5.74, 6) is 0. The molecule has 0 fully saturated rings. The minimum atomic E-state index is -3.88. The number of hydrogen-bond donors (Lipinski definition) is 0. The predicted molar refractivity (Wildman–Crippen MR) is 77.2 cm³/mol. The van der Waals surface area contributed by atoms with E-state index in [1.54, 1.807) is 13.0 Å². The average Bonchev–Trinajstić information content (AvgIpc) is 2.39. The molecule has 0 saturated heterocycles. The van der Waals surface area contributed by atoms with Gasteiger partial charge >= 0.3 is 0 Å². The maximum Gasteiger partial charge on any atom is 0.289 e. The first kappa shape index (κ1) is 16.6. The van der Waals surface area contributed by atoms with Crippen LogP contribution in [0.25, 0.3) is 0 Å². The molecule has 0 bridgehead atoms. The van der Waals surface area contributed by atoms with Gasteiger partial charge in [-0.3, -0.25) is 10.1 Å². The van der Waals surface area contributed by atoms with Crippen LogP contribution >= 0.6 is 0 Å². The maximum absolute atomic E-state index is 12.7. The summed E-state index contributed by atoms with van der Waals surface area (Å²) >= 11 is 0. The summed E-state index contributed by atoms with van der Waals surface area (Å²) in [6.45, 7) is 5.36. The molecule has 0 N–H and O–H groups in total. The van der Waals surface area contributed by atoms with Crippen molar-refractivity contribution in [1.82, 2.24) is 4.31 Å². The van der Waals surface area contributed by atoms with Crippen LogP contribution in [0.15, 0.2) is 23.1 Å². The molecule has 1 aromatic rings. The molecule has 0 amide bonds. The predicted octanol–water partition coefficient (Wildman–Crippen LogP) is 2.71. The Morgan fingerprint density at radius 3 is 2.30 bits per heavy atom. The summed E-state index contributed by atoms with van der Waals surface area (Å²) in [5.41, 5.74) is 0.0137. The van der Waals surface area contributed by atoms with E-state index in [4.69, 9.17) is 0 Å². The van der Waals surface area contributed by atoms with Crippen molar-refractivity contribution in [3.63, 3.8) is 0 Å². The second-order valence-electron chi connectivity index (χ2n) is 4.67. The summed E-state index contributed by atoms with van der Waals surface area (Å²) in [6.07, 6.45) is 1.32. The molecule has 0 heterocycles. The number of sulfonamides is 1. The number of hydrogen-bond acceptors (Lipinski definition) is 4. The fraction of sp³-hybridized carbons (Fsp3) is 0.538. The summed E-state index contributed by atoms with van der Waals surface area (Å²) in [5, 5.41) is 11.1. The van der Waals surface area contributed by atoms with Crippen LogP contribution < -0.4 is 0 Å². The van der Waals surface area contributed by atoms with Gasteiger partial charge in [-0.05, 0) is 25.3 Å². The molecule has 0 aliphatic carbocycles. The van der Waals surface area contributed by atoms with Crippen molar-refractivity contribution in [1.29, 1.82) is 0 Å². The molecule has 0 atom stereocenters. The highest BCUT2D eigenvalue weighted by atomic mass is 32.2. The second kappa shape index (κ2) is 6.32. The minimum absolute atomic E-state index is 0.167. The molecule has 112 valence electrons. The van der Waals surface area contributed by atoms with Gasteiger partial charge in [-0.2, -0.15) is 4.31 Å². The van der Waals surface area contributed by atoms with Gasteiger partial charge in [0.15, 0.2) is 4.90 Å². The quantitative estimate of drug-likeness (QED) is 0.597. The lowest BCUT2D eigenvalue weighted by molar-refractivity contribution is -0.387. The van der Waals surface area contributed by atoms with Crippen molar-refractivity contribution in [3.05, 3.63) is 33.9 Å². The van der Waals surface area contributed by atoms with Crippen LogP contribution in [0, 0.1) is 17.0 Å². The molecule has 20 heavy (non-hydrogen) atoms. The van der Waals surface area contributed by atoms with Crippen LogP contribution in [-0.4, -0.2) is 30.7 Å². The zero-order valence-corrected chi connectivity index (χ0v) is 13.0. The van der Waals surface area contributed by atoms with Crippen molar-refractivity contribution >= 4 is 15.7 Å². The molecule has 0 saturated carbocycles. The van der Waals surface area contributed by atoms with Crippen LogP contribution in [-0.2, 0) is 10.0 Å². The molecule has 1 rings (SSSR count). The number of aryl methyl sites for hydroxylation is 1. The normalized spacial score (nSPS) is 12.1. The third kappa shape index (κ3) is 2.99. The second-order valence-corrected chi connectivity index (χ2v) is 6.61. The van der Waals surface area contributed by atoms with Gasteiger partial charge in [0, 0.05) is 19.2 Å². The summed E-state index contributed by atoms with van der Waals surface area (Å²) < 4.78 is 26.6. The van der Waals surface area contributed by atoms with Gasteiger partial charge in [-0.25, -0.2) is 8.42 Å². The van der Waals surface area contributed by atoms with E-state index in [0.29, 0.717) is 18.4 Å². The van der Waals surface area contributed by atoms with Crippen LogP contribution in [0.2, 0.25) is 0 Å². The standard InChI is InChI=1S/C13H20N2O4S/c1-5-11(6-2)14(4)20(18,19)13-10(3)8-7-9-12(13)15(16)17/h7-9,11H,5-6H2,1-4H3. The Kier molecular flexibility index (Phi) is 5.24. The van der Waals surface area contributed by atoms with E-state index in [2.05, 4.69) is 0 Å². The molecule has 6 nitrogen and oxygen atoms in total. The summed E-state index contributed by atoms with van der Waals surface area (Å²) in [4.78, 5) is 10.2. The average molecular weight is 300 g/mol. The Morgan fingerprint density at radius 1 is 1.30 bits per heavy atom. The Bertz CT molecular complexity index is 594. The van der Waals surface area contributed by atoms with Gasteiger partial charge in [-0.15, -0.1) is 0 Å². The van der Waals surface area contributed by atoms with Crippen molar-refractivity contribution in [3.8, 4) is 0 Å². The zero-order valence-electron chi connectivity index (χ0n) is 12.2. The molecular weight excluding hydrogens is 280 g/mol. The van der Waals surface area contributed by atoms with E-state index >= 15 is 0 Å². The number of nitrogens with zero attached hydrogens (tertiary/aromatic N) is 2. The molecule has 0 unspecified atom stereocenters. The fourth-order valence-corrected chi connectivity index (χ4v) is 4.12.